The van der Waals surface area contributed by atoms with Crippen molar-refractivity contribution in [1.82, 2.24) is 10.2 Å². The van der Waals surface area contributed by atoms with Crippen molar-refractivity contribution in [2.24, 2.45) is 0 Å². The summed E-state index contributed by atoms with van der Waals surface area (Å²) in [5.41, 5.74) is 0.845. The Hall–Kier alpha value is -1.79. The van der Waals surface area contributed by atoms with Gasteiger partial charge in [-0.1, -0.05) is 6.07 Å². The minimum Gasteiger partial charge on any atom is -0.504 e. The molecule has 1 aromatic rings. The van der Waals surface area contributed by atoms with E-state index in [2.05, 4.69) is 10.2 Å². The second-order valence-electron chi connectivity index (χ2n) is 7.94. The summed E-state index contributed by atoms with van der Waals surface area (Å²) in [6.45, 7) is 7.12. The van der Waals surface area contributed by atoms with Crippen molar-refractivity contribution in [1.29, 1.82) is 0 Å². The maximum Gasteiger partial charge on any atom is 0.255 e. The van der Waals surface area contributed by atoms with Gasteiger partial charge in [0.15, 0.2) is 11.5 Å². The Labute approximate surface area is 148 Å². The maximum absolute atomic E-state index is 12.5. The van der Waals surface area contributed by atoms with Crippen LogP contribution in [-0.2, 0) is 11.2 Å². The van der Waals surface area contributed by atoms with Crippen LogP contribution in [0.2, 0.25) is 0 Å². The third-order valence-electron chi connectivity index (χ3n) is 5.40. The minimum absolute atomic E-state index is 0.00468. The molecule has 0 aromatic heterocycles. The number of phenols is 1. The molecule has 6 nitrogen and oxygen atoms in total. The van der Waals surface area contributed by atoms with Crippen LogP contribution in [0, 0.1) is 0 Å². The molecule has 25 heavy (non-hydrogen) atoms. The van der Waals surface area contributed by atoms with Crippen LogP contribution in [0.25, 0.3) is 0 Å². The number of benzene rings is 1. The summed E-state index contributed by atoms with van der Waals surface area (Å²) >= 11 is 0. The van der Waals surface area contributed by atoms with E-state index in [1.165, 1.54) is 12.8 Å². The lowest BCUT2D eigenvalue weighted by molar-refractivity contribution is -0.0461. The van der Waals surface area contributed by atoms with E-state index in [1.54, 1.807) is 6.07 Å². The first-order valence-electron chi connectivity index (χ1n) is 9.11. The number of morpholine rings is 1. The number of aromatic hydroxyl groups is 1. The van der Waals surface area contributed by atoms with Crippen molar-refractivity contribution < 1.29 is 19.4 Å². The summed E-state index contributed by atoms with van der Waals surface area (Å²) in [6.07, 6.45) is 3.17. The van der Waals surface area contributed by atoms with Crippen LogP contribution in [0.15, 0.2) is 12.1 Å². The smallest absolute Gasteiger partial charge is 0.255 e. The molecule has 0 bridgehead atoms. The van der Waals surface area contributed by atoms with Gasteiger partial charge in [-0.05, 0) is 39.3 Å². The molecule has 4 rings (SSSR count). The summed E-state index contributed by atoms with van der Waals surface area (Å²) in [5.74, 6) is 0.0805. The predicted molar refractivity (Wildman–Crippen MR) is 93.2 cm³/mol. The largest absolute Gasteiger partial charge is 0.504 e. The molecule has 2 fully saturated rings. The molecule has 1 aromatic carbocycles. The van der Waals surface area contributed by atoms with Crippen molar-refractivity contribution in [3.8, 4) is 11.5 Å². The number of ether oxygens (including phenoxy) is 2. The van der Waals surface area contributed by atoms with E-state index in [4.69, 9.17) is 9.47 Å². The average molecular weight is 346 g/mol. The van der Waals surface area contributed by atoms with Gasteiger partial charge in [0.2, 0.25) is 0 Å². The van der Waals surface area contributed by atoms with Crippen molar-refractivity contribution >= 4 is 5.91 Å². The summed E-state index contributed by atoms with van der Waals surface area (Å²) in [5, 5.41) is 13.3. The van der Waals surface area contributed by atoms with E-state index < -0.39 is 0 Å². The number of hydrogen-bond donors (Lipinski definition) is 2. The Morgan fingerprint density at radius 1 is 1.44 bits per heavy atom. The third kappa shape index (κ3) is 3.20. The Morgan fingerprint density at radius 2 is 2.28 bits per heavy atom. The number of phenolic OH excluding ortho intramolecular Hbond substituents is 1. The highest BCUT2D eigenvalue weighted by atomic mass is 16.5. The van der Waals surface area contributed by atoms with Crippen molar-refractivity contribution in [2.45, 2.75) is 50.9 Å². The number of hydrogen-bond acceptors (Lipinski definition) is 5. The van der Waals surface area contributed by atoms with Crippen LogP contribution in [-0.4, -0.2) is 59.9 Å². The van der Waals surface area contributed by atoms with Gasteiger partial charge in [0.05, 0.1) is 18.3 Å². The predicted octanol–water partition coefficient (Wildman–Crippen LogP) is 1.70. The first kappa shape index (κ1) is 16.7. The first-order valence-corrected chi connectivity index (χ1v) is 9.11. The van der Waals surface area contributed by atoms with Crippen LogP contribution < -0.4 is 10.1 Å². The molecule has 0 saturated carbocycles. The standard InChI is InChI=1S/C19H26N2O4/c1-19(2)8-12-5-6-15(16(22)17(12)25-19)18(23)20-9-14-10-21-7-3-4-13(21)11-24-14/h5-6,13-14,22H,3-4,7-11H2,1-2H3,(H,20,23)/t13-,14+/m0/s1. The van der Waals surface area contributed by atoms with Gasteiger partial charge in [-0.25, -0.2) is 0 Å². The number of nitrogens with zero attached hydrogens (tertiary/aromatic N) is 1. The van der Waals surface area contributed by atoms with Gasteiger partial charge in [0.25, 0.3) is 5.91 Å². The van der Waals surface area contributed by atoms with Crippen molar-refractivity contribution in [2.75, 3.05) is 26.2 Å². The summed E-state index contributed by atoms with van der Waals surface area (Å²) in [6, 6.07) is 4.09. The van der Waals surface area contributed by atoms with E-state index in [9.17, 15) is 9.90 Å². The van der Waals surface area contributed by atoms with E-state index in [-0.39, 0.29) is 28.9 Å². The molecule has 2 N–H and O–H groups in total. The fraction of sp³-hybridized carbons (Fsp3) is 0.632. The topological polar surface area (TPSA) is 71.0 Å². The zero-order valence-electron chi connectivity index (χ0n) is 14.9. The molecule has 0 unspecified atom stereocenters. The van der Waals surface area contributed by atoms with E-state index in [0.717, 1.165) is 31.7 Å². The Balaban J connectivity index is 1.39. The molecule has 3 aliphatic heterocycles. The van der Waals surface area contributed by atoms with Crippen molar-refractivity contribution in [3.05, 3.63) is 23.3 Å². The number of nitrogens with one attached hydrogen (secondary N) is 1. The number of carbonyl (C=O) groups is 1. The van der Waals surface area contributed by atoms with Gasteiger partial charge in [0.1, 0.15) is 5.60 Å². The van der Waals surface area contributed by atoms with Crippen molar-refractivity contribution in [3.63, 3.8) is 0 Å². The zero-order valence-corrected chi connectivity index (χ0v) is 14.9. The molecule has 1 amide bonds. The van der Waals surface area contributed by atoms with Gasteiger partial charge >= 0.3 is 0 Å². The maximum atomic E-state index is 12.5. The molecule has 0 radical (unpaired) electrons. The van der Waals surface area contributed by atoms with Crippen LogP contribution in [0.4, 0.5) is 0 Å². The minimum atomic E-state index is -0.350. The Bertz CT molecular complexity index is 688. The van der Waals surface area contributed by atoms with Crippen LogP contribution >= 0.6 is 0 Å². The lowest BCUT2D eigenvalue weighted by atomic mass is 10.0. The lowest BCUT2D eigenvalue weighted by Crippen LogP contribution is -2.50. The van der Waals surface area contributed by atoms with Crippen LogP contribution in [0.5, 0.6) is 11.5 Å². The third-order valence-corrected chi connectivity index (χ3v) is 5.40. The first-order chi connectivity index (χ1) is 11.9. The second-order valence-corrected chi connectivity index (χ2v) is 7.94. The molecule has 0 aliphatic carbocycles. The molecule has 6 heteroatoms. The quantitative estimate of drug-likeness (QED) is 0.872. The van der Waals surface area contributed by atoms with Gasteiger partial charge in [-0.3, -0.25) is 9.69 Å². The molecular formula is C19H26N2O4. The summed E-state index contributed by atoms with van der Waals surface area (Å²) in [4.78, 5) is 14.9. The summed E-state index contributed by atoms with van der Waals surface area (Å²) < 4.78 is 11.7. The number of fused-ring (bicyclic) bond motifs is 2. The average Bonchev–Trinajstić information content (AvgIpc) is 3.15. The number of amides is 1. The second kappa shape index (κ2) is 6.18. The highest BCUT2D eigenvalue weighted by Gasteiger charge is 2.35. The fourth-order valence-electron chi connectivity index (χ4n) is 4.13. The molecule has 3 heterocycles. The molecule has 2 atom stereocenters. The summed E-state index contributed by atoms with van der Waals surface area (Å²) in [7, 11) is 0. The van der Waals surface area contributed by atoms with Gasteiger partial charge in [0, 0.05) is 31.1 Å². The Kier molecular flexibility index (Phi) is 4.12. The normalized spacial score (nSPS) is 27.4. The SMILES string of the molecule is CC1(C)Cc2ccc(C(=O)NC[C@@H]3CN4CCC[C@H]4CO3)c(O)c2O1. The molecule has 136 valence electrons. The fourth-order valence-corrected chi connectivity index (χ4v) is 4.13. The van der Waals surface area contributed by atoms with Crippen LogP contribution in [0.3, 0.4) is 0 Å². The highest BCUT2D eigenvalue weighted by Crippen LogP contribution is 2.43. The van der Waals surface area contributed by atoms with E-state index in [1.807, 2.05) is 19.9 Å². The highest BCUT2D eigenvalue weighted by molar-refractivity contribution is 5.98. The number of carbonyl (C=O) groups excluding carboxylic acids is 1. The van der Waals surface area contributed by atoms with E-state index >= 15 is 0 Å². The molecule has 2 saturated heterocycles. The molecule has 0 spiro atoms. The lowest BCUT2D eigenvalue weighted by Gasteiger charge is -2.35. The van der Waals surface area contributed by atoms with Gasteiger partial charge in [-0.2, -0.15) is 0 Å². The van der Waals surface area contributed by atoms with Crippen LogP contribution in [0.1, 0.15) is 42.6 Å². The number of rotatable bonds is 3. The molecular weight excluding hydrogens is 320 g/mol. The van der Waals surface area contributed by atoms with E-state index in [0.29, 0.717) is 18.3 Å². The molecule has 3 aliphatic rings. The van der Waals surface area contributed by atoms with Gasteiger partial charge in [-0.15, -0.1) is 0 Å². The van der Waals surface area contributed by atoms with Gasteiger partial charge < -0.3 is 19.9 Å². The monoisotopic (exact) mass is 346 g/mol. The Morgan fingerprint density at radius 3 is 3.12 bits per heavy atom. The zero-order chi connectivity index (χ0) is 17.6.